The summed E-state index contributed by atoms with van der Waals surface area (Å²) in [6.07, 6.45) is 0. The summed E-state index contributed by atoms with van der Waals surface area (Å²) in [6.45, 7) is 4.59. The van der Waals surface area contributed by atoms with Gasteiger partial charge in [0.2, 0.25) is 0 Å². The third kappa shape index (κ3) is 5.07. The fraction of sp³-hybridized carbons (Fsp3) is 0.381. The summed E-state index contributed by atoms with van der Waals surface area (Å²) in [5.74, 6) is -0.0245. The van der Waals surface area contributed by atoms with Crippen molar-refractivity contribution in [3.05, 3.63) is 64.7 Å². The Morgan fingerprint density at radius 1 is 0.960 bits per heavy atom. The number of likely N-dealkylation sites (N-methyl/N-ethyl adjacent to an activating group) is 1. The Labute approximate surface area is 151 Å². The first-order valence-corrected chi connectivity index (χ1v) is 8.58. The minimum atomic E-state index is -0.0245. The largest absolute Gasteiger partial charge is 0.378 e. The topological polar surface area (TPSA) is 35.6 Å². The molecule has 1 N–H and O–H groups in total. The van der Waals surface area contributed by atoms with Gasteiger partial charge in [0.25, 0.3) is 5.91 Å². The van der Waals surface area contributed by atoms with E-state index >= 15 is 0 Å². The van der Waals surface area contributed by atoms with Crippen molar-refractivity contribution in [2.45, 2.75) is 19.9 Å². The molecule has 0 saturated heterocycles. The van der Waals surface area contributed by atoms with Crippen molar-refractivity contribution in [1.29, 1.82) is 0 Å². The fourth-order valence-corrected chi connectivity index (χ4v) is 2.99. The van der Waals surface area contributed by atoms with Crippen molar-refractivity contribution in [3.8, 4) is 0 Å². The highest BCUT2D eigenvalue weighted by atomic mass is 16.1. The monoisotopic (exact) mass is 339 g/mol. The highest BCUT2D eigenvalue weighted by Crippen LogP contribution is 2.21. The predicted octanol–water partition coefficient (Wildman–Crippen LogP) is 3.40. The molecular weight excluding hydrogens is 310 g/mol. The second-order valence-electron chi connectivity index (χ2n) is 7.05. The number of hydrogen-bond acceptors (Lipinski definition) is 3. The first-order valence-electron chi connectivity index (χ1n) is 8.58. The molecule has 2 rings (SSSR count). The lowest BCUT2D eigenvalue weighted by molar-refractivity contribution is 0.0941. The molecule has 0 aliphatic heterocycles. The molecule has 0 aliphatic rings. The van der Waals surface area contributed by atoms with Gasteiger partial charge in [0.1, 0.15) is 0 Å². The normalized spacial score (nSPS) is 12.1. The van der Waals surface area contributed by atoms with Gasteiger partial charge in [-0.25, -0.2) is 0 Å². The molecule has 0 fully saturated rings. The average molecular weight is 339 g/mol. The smallest absolute Gasteiger partial charge is 0.251 e. The molecule has 0 aromatic heterocycles. The van der Waals surface area contributed by atoms with Crippen LogP contribution in [0.15, 0.2) is 42.5 Å². The first-order chi connectivity index (χ1) is 11.8. The van der Waals surface area contributed by atoms with E-state index < -0.39 is 0 Å². The van der Waals surface area contributed by atoms with E-state index in [0.717, 1.165) is 16.7 Å². The zero-order valence-electron chi connectivity index (χ0n) is 16.1. The summed E-state index contributed by atoms with van der Waals surface area (Å²) in [5, 5.41) is 3.08. The van der Waals surface area contributed by atoms with E-state index in [9.17, 15) is 4.79 Å². The maximum atomic E-state index is 12.5. The summed E-state index contributed by atoms with van der Waals surface area (Å²) in [5.41, 5.74) is 5.29. The van der Waals surface area contributed by atoms with E-state index in [1.54, 1.807) is 0 Å². The molecule has 0 aliphatic carbocycles. The number of nitrogens with zero attached hydrogens (tertiary/aromatic N) is 2. The van der Waals surface area contributed by atoms with Gasteiger partial charge in [-0.3, -0.25) is 4.79 Å². The number of nitrogens with one attached hydrogen (secondary N) is 1. The molecular formula is C21H29N3O. The third-order valence-electron chi connectivity index (χ3n) is 4.36. The van der Waals surface area contributed by atoms with Crippen molar-refractivity contribution < 1.29 is 4.79 Å². The van der Waals surface area contributed by atoms with E-state index in [-0.39, 0.29) is 11.9 Å². The standard InChI is InChI=1S/C21H29N3O/c1-15-11-16(2)13-18(12-15)21(25)22-14-20(24(5)6)17-7-9-19(10-8-17)23(3)4/h7-13,20H,14H2,1-6H3,(H,22,25)/t20-/m0/s1. The van der Waals surface area contributed by atoms with Crippen LogP contribution in [0, 0.1) is 13.8 Å². The van der Waals surface area contributed by atoms with Gasteiger partial charge < -0.3 is 15.1 Å². The van der Waals surface area contributed by atoms with Gasteiger partial charge in [-0.05, 0) is 57.8 Å². The number of aryl methyl sites for hydroxylation is 2. The van der Waals surface area contributed by atoms with Crippen molar-refractivity contribution >= 4 is 11.6 Å². The van der Waals surface area contributed by atoms with Gasteiger partial charge in [-0.1, -0.05) is 29.3 Å². The SMILES string of the molecule is Cc1cc(C)cc(C(=O)NC[C@@H](c2ccc(N(C)C)cc2)N(C)C)c1. The van der Waals surface area contributed by atoms with Crippen molar-refractivity contribution in [2.75, 3.05) is 39.6 Å². The van der Waals surface area contributed by atoms with E-state index in [1.807, 2.05) is 54.2 Å². The predicted molar refractivity (Wildman–Crippen MR) is 105 cm³/mol. The van der Waals surface area contributed by atoms with Crippen molar-refractivity contribution in [1.82, 2.24) is 10.2 Å². The minimum absolute atomic E-state index is 0.0245. The molecule has 2 aromatic rings. The van der Waals surface area contributed by atoms with Crippen LogP contribution in [0.2, 0.25) is 0 Å². The van der Waals surface area contributed by atoms with E-state index in [2.05, 4.69) is 45.4 Å². The molecule has 0 unspecified atom stereocenters. The molecule has 0 saturated carbocycles. The lowest BCUT2D eigenvalue weighted by atomic mass is 10.0. The highest BCUT2D eigenvalue weighted by Gasteiger charge is 2.16. The third-order valence-corrected chi connectivity index (χ3v) is 4.36. The van der Waals surface area contributed by atoms with Crippen molar-refractivity contribution in [3.63, 3.8) is 0 Å². The molecule has 4 nitrogen and oxygen atoms in total. The van der Waals surface area contributed by atoms with Gasteiger partial charge in [0, 0.05) is 31.9 Å². The summed E-state index contributed by atoms with van der Waals surface area (Å²) in [6, 6.07) is 14.5. The van der Waals surface area contributed by atoms with Crippen LogP contribution in [0.25, 0.3) is 0 Å². The number of anilines is 1. The summed E-state index contributed by atoms with van der Waals surface area (Å²) in [7, 11) is 8.13. The quantitative estimate of drug-likeness (QED) is 0.876. The number of amides is 1. The number of benzene rings is 2. The van der Waals surface area contributed by atoms with Crippen LogP contribution in [-0.4, -0.2) is 45.5 Å². The molecule has 0 heterocycles. The van der Waals surface area contributed by atoms with Crippen LogP contribution >= 0.6 is 0 Å². The van der Waals surface area contributed by atoms with Gasteiger partial charge in [-0.15, -0.1) is 0 Å². The molecule has 0 bridgehead atoms. The Bertz CT molecular complexity index is 700. The van der Waals surface area contributed by atoms with E-state index in [1.165, 1.54) is 11.3 Å². The summed E-state index contributed by atoms with van der Waals surface area (Å²) in [4.78, 5) is 16.7. The zero-order valence-corrected chi connectivity index (χ0v) is 16.1. The summed E-state index contributed by atoms with van der Waals surface area (Å²) < 4.78 is 0. The number of carbonyl (C=O) groups excluding carboxylic acids is 1. The van der Waals surface area contributed by atoms with E-state index in [4.69, 9.17) is 0 Å². The van der Waals surface area contributed by atoms with Crippen LogP contribution < -0.4 is 10.2 Å². The maximum Gasteiger partial charge on any atom is 0.251 e. The van der Waals surface area contributed by atoms with Crippen LogP contribution in [0.5, 0.6) is 0 Å². The Morgan fingerprint density at radius 3 is 2.00 bits per heavy atom. The average Bonchev–Trinajstić information content (AvgIpc) is 2.54. The minimum Gasteiger partial charge on any atom is -0.378 e. The van der Waals surface area contributed by atoms with Crippen LogP contribution in [0.4, 0.5) is 5.69 Å². The molecule has 0 spiro atoms. The molecule has 4 heteroatoms. The van der Waals surface area contributed by atoms with Crippen LogP contribution in [-0.2, 0) is 0 Å². The number of carbonyl (C=O) groups is 1. The van der Waals surface area contributed by atoms with Gasteiger partial charge in [-0.2, -0.15) is 0 Å². The lowest BCUT2D eigenvalue weighted by Gasteiger charge is -2.26. The first kappa shape index (κ1) is 19.0. The molecule has 1 amide bonds. The molecule has 2 aromatic carbocycles. The second kappa shape index (κ2) is 8.17. The maximum absolute atomic E-state index is 12.5. The molecule has 0 radical (unpaired) electrons. The zero-order chi connectivity index (χ0) is 18.6. The number of hydrogen-bond donors (Lipinski definition) is 1. The molecule has 1 atom stereocenters. The Morgan fingerprint density at radius 2 is 1.52 bits per heavy atom. The van der Waals surface area contributed by atoms with Crippen LogP contribution in [0.1, 0.15) is 33.1 Å². The fourth-order valence-electron chi connectivity index (χ4n) is 2.99. The lowest BCUT2D eigenvalue weighted by Crippen LogP contribution is -2.34. The van der Waals surface area contributed by atoms with Gasteiger partial charge in [0.05, 0.1) is 6.04 Å². The highest BCUT2D eigenvalue weighted by molar-refractivity contribution is 5.94. The Hall–Kier alpha value is -2.33. The molecule has 134 valence electrons. The second-order valence-corrected chi connectivity index (χ2v) is 7.05. The van der Waals surface area contributed by atoms with Gasteiger partial charge >= 0.3 is 0 Å². The van der Waals surface area contributed by atoms with E-state index in [0.29, 0.717) is 6.54 Å². The molecule has 25 heavy (non-hydrogen) atoms. The number of rotatable bonds is 6. The van der Waals surface area contributed by atoms with Crippen LogP contribution in [0.3, 0.4) is 0 Å². The van der Waals surface area contributed by atoms with Crippen molar-refractivity contribution in [2.24, 2.45) is 0 Å². The van der Waals surface area contributed by atoms with Gasteiger partial charge in [0.15, 0.2) is 0 Å². The Balaban J connectivity index is 2.10. The summed E-state index contributed by atoms with van der Waals surface area (Å²) >= 11 is 0. The Kier molecular flexibility index (Phi) is 6.21.